The molecule has 0 saturated carbocycles. The zero-order valence-corrected chi connectivity index (χ0v) is 36.7. The molecule has 0 fully saturated rings. The molecule has 51 heavy (non-hydrogen) atoms. The summed E-state index contributed by atoms with van der Waals surface area (Å²) in [5.41, 5.74) is 9.41. The van der Waals surface area contributed by atoms with Gasteiger partial charge in [0.15, 0.2) is 0 Å². The Balaban J connectivity index is 1.97. The predicted octanol–water partition coefficient (Wildman–Crippen LogP) is 15.1. The molecule has 0 amide bonds. The van der Waals surface area contributed by atoms with Crippen LogP contribution in [0.4, 0.5) is 0 Å². The van der Waals surface area contributed by atoms with E-state index in [9.17, 15) is 4.89 Å². The Labute approximate surface area is 318 Å². The Morgan fingerprint density at radius 3 is 1.14 bits per heavy atom. The summed E-state index contributed by atoms with van der Waals surface area (Å²) < 4.78 is 9.96. The van der Waals surface area contributed by atoms with Crippen molar-refractivity contribution in [3.63, 3.8) is 0 Å². The van der Waals surface area contributed by atoms with Gasteiger partial charge in [-0.05, 0) is 67.9 Å². The molecule has 1 atom stereocenters. The van der Waals surface area contributed by atoms with Crippen LogP contribution >= 0.6 is 8.60 Å². The Morgan fingerprint density at radius 2 is 0.824 bits per heavy atom. The fourth-order valence-corrected chi connectivity index (χ4v) is 7.77. The average Bonchev–Trinajstić information content (AvgIpc) is 3.03. The minimum Gasteiger partial charge on any atom is -0.328 e. The van der Waals surface area contributed by atoms with Crippen LogP contribution in [0.3, 0.4) is 0 Å². The summed E-state index contributed by atoms with van der Waals surface area (Å²) in [6.45, 7) is 29.1. The summed E-state index contributed by atoms with van der Waals surface area (Å²) in [7, 11) is -0.177. The molecule has 2 rings (SSSR count). The molecule has 2 aromatic carbocycles. The van der Waals surface area contributed by atoms with Crippen LogP contribution in [0, 0.1) is 0 Å². The van der Waals surface area contributed by atoms with Crippen LogP contribution in [0.25, 0.3) is 0 Å². The minimum atomic E-state index is -1.66. The second-order valence-electron chi connectivity index (χ2n) is 19.5. The van der Waals surface area contributed by atoms with E-state index in [2.05, 4.69) is 119 Å². The van der Waals surface area contributed by atoms with Gasteiger partial charge in [0.05, 0.1) is 6.61 Å². The maximum atomic E-state index is 9.30. The summed E-state index contributed by atoms with van der Waals surface area (Å²) in [5.74, 6) is 0.404. The third-order valence-corrected chi connectivity index (χ3v) is 11.4. The number of hydrogen-bond donors (Lipinski definition) is 1. The molecule has 0 aliphatic heterocycles. The van der Waals surface area contributed by atoms with E-state index in [1.165, 1.54) is 126 Å². The van der Waals surface area contributed by atoms with Crippen molar-refractivity contribution < 1.29 is 13.9 Å². The average molecular weight is 725 g/mol. The maximum Gasteiger partial charge on any atom is 0.329 e. The summed E-state index contributed by atoms with van der Waals surface area (Å²) in [4.78, 5) is 9.30. The van der Waals surface area contributed by atoms with Gasteiger partial charge in [0.25, 0.3) is 0 Å². The highest BCUT2D eigenvalue weighted by Crippen LogP contribution is 2.43. The lowest BCUT2D eigenvalue weighted by Gasteiger charge is -2.34. The molecule has 3 nitrogen and oxygen atoms in total. The standard InChI is InChI=1S/C47H81O3P/c1-44(2,3)37-30-32-40(42(35-37)46(7,8)9)39(41-33-31-38(45(4,5)6)36-43(41)47(10,11)12)29-27-25-23-21-19-17-15-14-16-18-20-22-24-26-28-34-50-51(48)49-13/h30-33,35-36,39,48H,14-29,34H2,1-13H3. The summed E-state index contributed by atoms with van der Waals surface area (Å²) in [6.07, 6.45) is 21.0. The highest BCUT2D eigenvalue weighted by atomic mass is 31.2. The van der Waals surface area contributed by atoms with Gasteiger partial charge in [0.2, 0.25) is 0 Å². The van der Waals surface area contributed by atoms with Crippen molar-refractivity contribution in [3.05, 3.63) is 69.8 Å². The van der Waals surface area contributed by atoms with Crippen LogP contribution in [-0.2, 0) is 30.7 Å². The lowest BCUT2D eigenvalue weighted by Crippen LogP contribution is -2.23. The van der Waals surface area contributed by atoms with Crippen molar-refractivity contribution in [3.8, 4) is 0 Å². The van der Waals surface area contributed by atoms with Gasteiger partial charge in [-0.2, -0.15) is 0 Å². The van der Waals surface area contributed by atoms with Crippen molar-refractivity contribution in [1.29, 1.82) is 0 Å². The van der Waals surface area contributed by atoms with E-state index >= 15 is 0 Å². The monoisotopic (exact) mass is 725 g/mol. The van der Waals surface area contributed by atoms with Gasteiger partial charge >= 0.3 is 8.60 Å². The zero-order valence-electron chi connectivity index (χ0n) is 35.8. The van der Waals surface area contributed by atoms with Crippen LogP contribution in [0.5, 0.6) is 0 Å². The number of benzene rings is 2. The Bertz CT molecular complexity index is 1180. The normalized spacial score (nSPS) is 13.7. The molecule has 0 aromatic heterocycles. The first-order valence-corrected chi connectivity index (χ1v) is 21.9. The fourth-order valence-electron chi connectivity index (χ4n) is 7.37. The van der Waals surface area contributed by atoms with Crippen LogP contribution in [0.15, 0.2) is 36.4 Å². The Kier molecular flexibility index (Phi) is 19.4. The molecule has 0 spiro atoms. The quantitative estimate of drug-likeness (QED) is 0.0970. The molecule has 292 valence electrons. The van der Waals surface area contributed by atoms with Gasteiger partial charge in [-0.1, -0.05) is 209 Å². The van der Waals surface area contributed by atoms with Gasteiger partial charge in [-0.25, -0.2) is 0 Å². The Morgan fingerprint density at radius 1 is 0.490 bits per heavy atom. The predicted molar refractivity (Wildman–Crippen MR) is 225 cm³/mol. The molecule has 0 saturated heterocycles. The minimum absolute atomic E-state index is 0.0779. The molecule has 0 heterocycles. The lowest BCUT2D eigenvalue weighted by atomic mass is 9.70. The van der Waals surface area contributed by atoms with Crippen molar-refractivity contribution in [1.82, 2.24) is 0 Å². The first kappa shape index (κ1) is 45.9. The topological polar surface area (TPSA) is 38.7 Å². The molecule has 1 N–H and O–H groups in total. The van der Waals surface area contributed by atoms with Gasteiger partial charge < -0.3 is 13.9 Å². The number of hydrogen-bond acceptors (Lipinski definition) is 3. The zero-order chi connectivity index (χ0) is 38.3. The summed E-state index contributed by atoms with van der Waals surface area (Å²) >= 11 is 0. The number of rotatable bonds is 22. The van der Waals surface area contributed by atoms with E-state index in [1.54, 1.807) is 11.1 Å². The van der Waals surface area contributed by atoms with Crippen LogP contribution in [0.1, 0.15) is 225 Å². The van der Waals surface area contributed by atoms with E-state index in [1.807, 2.05) is 0 Å². The summed E-state index contributed by atoms with van der Waals surface area (Å²) in [5, 5.41) is 0. The van der Waals surface area contributed by atoms with E-state index in [0.29, 0.717) is 12.5 Å². The van der Waals surface area contributed by atoms with Gasteiger partial charge in [0, 0.05) is 13.0 Å². The molecule has 0 radical (unpaired) electrons. The molecule has 0 aliphatic carbocycles. The second-order valence-corrected chi connectivity index (χ2v) is 20.6. The highest BCUT2D eigenvalue weighted by molar-refractivity contribution is 7.40. The third-order valence-electron chi connectivity index (χ3n) is 10.7. The molecule has 2 aromatic rings. The van der Waals surface area contributed by atoms with Crippen LogP contribution in [-0.4, -0.2) is 18.6 Å². The van der Waals surface area contributed by atoms with E-state index in [-0.39, 0.29) is 21.7 Å². The molecular formula is C47H81O3P. The second kappa shape index (κ2) is 21.6. The van der Waals surface area contributed by atoms with Gasteiger partial charge in [0.1, 0.15) is 0 Å². The van der Waals surface area contributed by atoms with E-state index < -0.39 is 8.60 Å². The maximum absolute atomic E-state index is 9.30. The SMILES string of the molecule is COP(O)OCCCCCCCCCCCCCCCCCC(c1ccc(C(C)(C)C)cc1C(C)(C)C)c1ccc(C(C)(C)C)cc1C(C)(C)C. The van der Waals surface area contributed by atoms with Crippen molar-refractivity contribution >= 4 is 8.60 Å². The van der Waals surface area contributed by atoms with E-state index in [0.717, 1.165) is 6.42 Å². The molecule has 1 unspecified atom stereocenters. The first-order chi connectivity index (χ1) is 23.8. The van der Waals surface area contributed by atoms with Crippen molar-refractivity contribution in [2.24, 2.45) is 0 Å². The largest absolute Gasteiger partial charge is 0.329 e. The molecular weight excluding hydrogens is 643 g/mol. The van der Waals surface area contributed by atoms with Crippen LogP contribution in [0.2, 0.25) is 0 Å². The van der Waals surface area contributed by atoms with Gasteiger partial charge in [-0.3, -0.25) is 0 Å². The fraction of sp³-hybridized carbons (Fsp3) is 0.745. The third kappa shape index (κ3) is 16.8. The smallest absolute Gasteiger partial charge is 0.328 e. The molecule has 4 heteroatoms. The lowest BCUT2D eigenvalue weighted by molar-refractivity contribution is 0.224. The number of unbranched alkanes of at least 4 members (excludes halogenated alkanes) is 14. The molecule has 0 aliphatic rings. The van der Waals surface area contributed by atoms with Gasteiger partial charge in [-0.15, -0.1) is 0 Å². The van der Waals surface area contributed by atoms with Crippen molar-refractivity contribution in [2.45, 2.75) is 213 Å². The van der Waals surface area contributed by atoms with E-state index in [4.69, 9.17) is 9.05 Å². The highest BCUT2D eigenvalue weighted by Gasteiger charge is 2.30. The summed E-state index contributed by atoms with van der Waals surface area (Å²) in [6, 6.07) is 14.9. The molecule has 0 bridgehead atoms. The van der Waals surface area contributed by atoms with Crippen molar-refractivity contribution in [2.75, 3.05) is 13.7 Å². The first-order valence-electron chi connectivity index (χ1n) is 20.7. The Hall–Kier alpha value is -1.25. The van der Waals surface area contributed by atoms with Crippen LogP contribution < -0.4 is 0 Å².